The van der Waals surface area contributed by atoms with E-state index in [-0.39, 0.29) is 31.1 Å². The van der Waals surface area contributed by atoms with Gasteiger partial charge in [-0.1, -0.05) is 226 Å². The first-order valence-corrected chi connectivity index (χ1v) is 27.4. The second-order valence-electron chi connectivity index (χ2n) is 17.7. The van der Waals surface area contributed by atoms with E-state index in [1.54, 1.807) is 0 Å². The van der Waals surface area contributed by atoms with Gasteiger partial charge >= 0.3 is 17.9 Å². The number of hydrogen-bond donors (Lipinski definition) is 0. The molecule has 0 fully saturated rings. The van der Waals surface area contributed by atoms with E-state index in [0.717, 1.165) is 135 Å². The van der Waals surface area contributed by atoms with Gasteiger partial charge < -0.3 is 14.2 Å². The zero-order valence-electron chi connectivity index (χ0n) is 43.4. The number of rotatable bonds is 48. The Morgan fingerprint density at radius 1 is 0.313 bits per heavy atom. The van der Waals surface area contributed by atoms with Crippen LogP contribution in [-0.4, -0.2) is 37.2 Å². The minimum absolute atomic E-state index is 0.0948. The Bertz CT molecular complexity index is 1390. The SMILES string of the molecule is CC/C=C\C/C=C\C/C=C\C/C=C\C/C=C\CCCCCC(=O)OCC(COC(=O)CCCCCCCCCCCCC)OC(=O)CCCCCCCC/C=C\C/C=C\C/C=C\C/C=C\CC. The Hall–Kier alpha value is -3.93. The molecule has 0 aromatic heterocycles. The Morgan fingerprint density at radius 2 is 0.582 bits per heavy atom. The molecule has 1 atom stereocenters. The van der Waals surface area contributed by atoms with Crippen molar-refractivity contribution in [2.24, 2.45) is 0 Å². The molecule has 0 aliphatic rings. The van der Waals surface area contributed by atoms with Gasteiger partial charge in [-0.25, -0.2) is 0 Å². The average Bonchev–Trinajstić information content (AvgIpc) is 3.33. The molecule has 6 nitrogen and oxygen atoms in total. The van der Waals surface area contributed by atoms with E-state index in [4.69, 9.17) is 14.2 Å². The summed E-state index contributed by atoms with van der Waals surface area (Å²) in [7, 11) is 0. The zero-order valence-corrected chi connectivity index (χ0v) is 43.4. The summed E-state index contributed by atoms with van der Waals surface area (Å²) in [5.41, 5.74) is 0. The van der Waals surface area contributed by atoms with Gasteiger partial charge in [-0.2, -0.15) is 0 Å². The predicted molar refractivity (Wildman–Crippen MR) is 288 cm³/mol. The normalized spacial score (nSPS) is 12.9. The fourth-order valence-electron chi connectivity index (χ4n) is 7.22. The maximum atomic E-state index is 12.8. The molecule has 1 unspecified atom stereocenters. The molecule has 0 radical (unpaired) electrons. The summed E-state index contributed by atoms with van der Waals surface area (Å²) in [6, 6.07) is 0. The summed E-state index contributed by atoms with van der Waals surface area (Å²) in [4.78, 5) is 38.1. The number of esters is 3. The van der Waals surface area contributed by atoms with Crippen LogP contribution in [0.2, 0.25) is 0 Å². The lowest BCUT2D eigenvalue weighted by atomic mass is 10.1. The van der Waals surface area contributed by atoms with E-state index >= 15 is 0 Å². The summed E-state index contributed by atoms with van der Waals surface area (Å²) in [6.07, 6.45) is 73.6. The average molecular weight is 929 g/mol. The lowest BCUT2D eigenvalue weighted by molar-refractivity contribution is -0.167. The summed E-state index contributed by atoms with van der Waals surface area (Å²) < 4.78 is 16.8. The van der Waals surface area contributed by atoms with Gasteiger partial charge in [-0.05, 0) is 103 Å². The van der Waals surface area contributed by atoms with Gasteiger partial charge in [0.1, 0.15) is 13.2 Å². The van der Waals surface area contributed by atoms with Crippen LogP contribution in [0.15, 0.2) is 109 Å². The smallest absolute Gasteiger partial charge is 0.306 e. The van der Waals surface area contributed by atoms with Gasteiger partial charge in [0.05, 0.1) is 0 Å². The van der Waals surface area contributed by atoms with Gasteiger partial charge in [0, 0.05) is 19.3 Å². The molecule has 0 aromatic rings. The fourth-order valence-corrected chi connectivity index (χ4v) is 7.22. The number of carbonyl (C=O) groups excluding carboxylic acids is 3. The molecule has 0 heterocycles. The summed E-state index contributed by atoms with van der Waals surface area (Å²) in [6.45, 7) is 6.36. The van der Waals surface area contributed by atoms with Crippen LogP contribution in [-0.2, 0) is 28.6 Å². The Labute approximate surface area is 412 Å². The van der Waals surface area contributed by atoms with Crippen molar-refractivity contribution in [1.82, 2.24) is 0 Å². The molecule has 0 N–H and O–H groups in total. The third-order valence-corrected chi connectivity index (χ3v) is 11.3. The van der Waals surface area contributed by atoms with Crippen molar-refractivity contribution in [1.29, 1.82) is 0 Å². The summed E-state index contributed by atoms with van der Waals surface area (Å²) >= 11 is 0. The van der Waals surface area contributed by atoms with Gasteiger partial charge in [0.2, 0.25) is 0 Å². The standard InChI is InChI=1S/C61H100O6/c1-4-7-10-13-16-19-22-24-26-28-30-32-34-36-39-42-45-48-51-54-60(63)66-57-58(56-65-59(62)53-50-47-44-41-38-21-18-15-12-9-6-3)67-61(64)55-52-49-46-43-40-37-35-33-31-29-27-25-23-20-17-14-11-8-5-2/h7-8,10-11,16-17,19-20,24-27,30-33,36,39,58H,4-6,9,12-15,18,21-23,28-29,34-35,37-38,40-57H2,1-3H3/b10-7-,11-8-,19-16-,20-17-,26-24-,27-25-,32-30-,33-31-,39-36-. The second kappa shape index (κ2) is 54.7. The molecule has 0 saturated heterocycles. The van der Waals surface area contributed by atoms with Crippen molar-refractivity contribution < 1.29 is 28.6 Å². The van der Waals surface area contributed by atoms with Crippen LogP contribution in [0.3, 0.4) is 0 Å². The number of ether oxygens (including phenoxy) is 3. The van der Waals surface area contributed by atoms with Gasteiger partial charge in [-0.15, -0.1) is 0 Å². The minimum Gasteiger partial charge on any atom is -0.462 e. The topological polar surface area (TPSA) is 78.9 Å². The minimum atomic E-state index is -0.800. The lowest BCUT2D eigenvalue weighted by Crippen LogP contribution is -2.30. The first kappa shape index (κ1) is 63.1. The molecular formula is C61H100O6. The molecule has 0 aliphatic heterocycles. The molecule has 0 rings (SSSR count). The Kier molecular flexibility index (Phi) is 51.5. The maximum absolute atomic E-state index is 12.8. The highest BCUT2D eigenvalue weighted by atomic mass is 16.6. The monoisotopic (exact) mass is 929 g/mol. The number of unbranched alkanes of at least 4 members (excludes halogenated alkanes) is 19. The molecule has 0 aromatic carbocycles. The van der Waals surface area contributed by atoms with Crippen LogP contribution in [0.25, 0.3) is 0 Å². The highest BCUT2D eigenvalue weighted by Crippen LogP contribution is 2.14. The van der Waals surface area contributed by atoms with E-state index in [1.165, 1.54) is 64.2 Å². The van der Waals surface area contributed by atoms with E-state index in [0.29, 0.717) is 19.3 Å². The van der Waals surface area contributed by atoms with Gasteiger partial charge in [0.25, 0.3) is 0 Å². The predicted octanol–water partition coefficient (Wildman–Crippen LogP) is 18.3. The van der Waals surface area contributed by atoms with E-state index in [9.17, 15) is 14.4 Å². The second-order valence-corrected chi connectivity index (χ2v) is 17.7. The largest absolute Gasteiger partial charge is 0.462 e. The number of carbonyl (C=O) groups is 3. The van der Waals surface area contributed by atoms with Crippen LogP contribution >= 0.6 is 0 Å². The maximum Gasteiger partial charge on any atom is 0.306 e. The summed E-state index contributed by atoms with van der Waals surface area (Å²) in [5, 5.41) is 0. The van der Waals surface area contributed by atoms with Crippen molar-refractivity contribution in [2.75, 3.05) is 13.2 Å². The van der Waals surface area contributed by atoms with Crippen molar-refractivity contribution in [3.8, 4) is 0 Å². The Morgan fingerprint density at radius 3 is 0.925 bits per heavy atom. The molecule has 0 aliphatic carbocycles. The quantitative estimate of drug-likeness (QED) is 0.0262. The van der Waals surface area contributed by atoms with Crippen molar-refractivity contribution in [2.45, 2.75) is 245 Å². The lowest BCUT2D eigenvalue weighted by Gasteiger charge is -2.18. The van der Waals surface area contributed by atoms with Gasteiger partial charge in [-0.3, -0.25) is 14.4 Å². The molecule has 0 bridgehead atoms. The molecule has 380 valence electrons. The highest BCUT2D eigenvalue weighted by Gasteiger charge is 2.19. The van der Waals surface area contributed by atoms with Crippen LogP contribution < -0.4 is 0 Å². The third-order valence-electron chi connectivity index (χ3n) is 11.3. The van der Waals surface area contributed by atoms with E-state index in [2.05, 4.69) is 130 Å². The Balaban J connectivity index is 4.46. The van der Waals surface area contributed by atoms with Crippen molar-refractivity contribution >= 4 is 17.9 Å². The van der Waals surface area contributed by atoms with Crippen LogP contribution in [0.1, 0.15) is 239 Å². The molecular weight excluding hydrogens is 829 g/mol. The van der Waals surface area contributed by atoms with Crippen molar-refractivity contribution in [3.63, 3.8) is 0 Å². The van der Waals surface area contributed by atoms with E-state index in [1.807, 2.05) is 0 Å². The zero-order chi connectivity index (χ0) is 48.6. The third kappa shape index (κ3) is 52.9. The summed E-state index contributed by atoms with van der Waals surface area (Å²) in [5.74, 6) is -0.945. The van der Waals surface area contributed by atoms with Crippen molar-refractivity contribution in [3.05, 3.63) is 109 Å². The van der Waals surface area contributed by atoms with Crippen LogP contribution in [0.4, 0.5) is 0 Å². The fraction of sp³-hybridized carbons (Fsp3) is 0.656. The van der Waals surface area contributed by atoms with Crippen LogP contribution in [0.5, 0.6) is 0 Å². The van der Waals surface area contributed by atoms with E-state index < -0.39 is 6.10 Å². The first-order chi connectivity index (χ1) is 33.0. The molecule has 6 heteroatoms. The molecule has 67 heavy (non-hydrogen) atoms. The molecule has 0 spiro atoms. The first-order valence-electron chi connectivity index (χ1n) is 27.4. The number of allylic oxidation sites excluding steroid dienone is 18. The highest BCUT2D eigenvalue weighted by molar-refractivity contribution is 5.71. The molecule has 0 saturated carbocycles. The van der Waals surface area contributed by atoms with Crippen LogP contribution in [0, 0.1) is 0 Å². The number of hydrogen-bond acceptors (Lipinski definition) is 6. The molecule has 0 amide bonds. The van der Waals surface area contributed by atoms with Gasteiger partial charge in [0.15, 0.2) is 6.10 Å².